The molecule has 2 heterocycles. The number of likely N-dealkylation sites (N-methyl/N-ethyl adjacent to an activating group) is 1. The van der Waals surface area contributed by atoms with Crippen LogP contribution in [0.15, 0.2) is 42.2 Å². The molecule has 146 valence electrons. The first kappa shape index (κ1) is 18.7. The highest BCUT2D eigenvalue weighted by Crippen LogP contribution is 2.38. The first-order valence-corrected chi connectivity index (χ1v) is 9.63. The van der Waals surface area contributed by atoms with Gasteiger partial charge in [0.15, 0.2) is 5.76 Å². The summed E-state index contributed by atoms with van der Waals surface area (Å²) in [5.74, 6) is -0.270. The number of ether oxygens (including phenoxy) is 1. The van der Waals surface area contributed by atoms with Crippen molar-refractivity contribution in [2.45, 2.75) is 13.5 Å². The summed E-state index contributed by atoms with van der Waals surface area (Å²) in [4.78, 5) is 16.4. The fraction of sp³-hybridized carbons (Fsp3) is 0.318. The molecule has 0 bridgehead atoms. The molecule has 0 aliphatic carbocycles. The normalized spacial score (nSPS) is 19.1. The summed E-state index contributed by atoms with van der Waals surface area (Å²) in [6, 6.07) is 8.94. The largest absolute Gasteiger partial charge is 0.872 e. The van der Waals surface area contributed by atoms with Gasteiger partial charge in [-0.1, -0.05) is 30.9 Å². The molecule has 2 aliphatic rings. The van der Waals surface area contributed by atoms with Crippen molar-refractivity contribution in [2.75, 3.05) is 32.7 Å². The molecule has 0 unspecified atom stereocenters. The topological polar surface area (TPSA) is 57.0 Å². The van der Waals surface area contributed by atoms with Crippen LogP contribution in [0.4, 0.5) is 4.39 Å². The fourth-order valence-electron chi connectivity index (χ4n) is 3.82. The summed E-state index contributed by atoms with van der Waals surface area (Å²) in [6.45, 7) is 7.64. The maximum absolute atomic E-state index is 13.4. The van der Waals surface area contributed by atoms with Crippen LogP contribution in [0.5, 0.6) is 11.5 Å². The lowest BCUT2D eigenvalue weighted by atomic mass is 10.0. The average molecular weight is 382 g/mol. The van der Waals surface area contributed by atoms with E-state index in [1.54, 1.807) is 12.1 Å². The number of fused-ring (bicyclic) bond motifs is 1. The maximum Gasteiger partial charge on any atom is 0.231 e. The lowest BCUT2D eigenvalue weighted by Gasteiger charge is -2.32. The van der Waals surface area contributed by atoms with E-state index in [9.17, 15) is 14.3 Å². The van der Waals surface area contributed by atoms with Gasteiger partial charge in [-0.2, -0.15) is 0 Å². The Hall–Kier alpha value is -2.70. The van der Waals surface area contributed by atoms with Crippen molar-refractivity contribution >= 4 is 11.9 Å². The van der Waals surface area contributed by atoms with E-state index in [2.05, 4.69) is 11.8 Å². The van der Waals surface area contributed by atoms with Crippen LogP contribution in [0, 0.1) is 5.82 Å². The maximum atomic E-state index is 13.4. The molecule has 0 saturated carbocycles. The lowest BCUT2D eigenvalue weighted by molar-refractivity contribution is -0.918. The van der Waals surface area contributed by atoms with Crippen molar-refractivity contribution in [1.29, 1.82) is 0 Å². The number of piperazine rings is 1. The average Bonchev–Trinajstić information content (AvgIpc) is 3.00. The smallest absolute Gasteiger partial charge is 0.231 e. The van der Waals surface area contributed by atoms with Crippen molar-refractivity contribution in [3.05, 3.63) is 64.7 Å². The lowest BCUT2D eigenvalue weighted by Crippen LogP contribution is -3.13. The van der Waals surface area contributed by atoms with Crippen molar-refractivity contribution in [2.24, 2.45) is 0 Å². The van der Waals surface area contributed by atoms with E-state index in [0.717, 1.165) is 32.7 Å². The van der Waals surface area contributed by atoms with E-state index < -0.39 is 0 Å². The fourth-order valence-corrected chi connectivity index (χ4v) is 3.82. The highest BCUT2D eigenvalue weighted by molar-refractivity contribution is 6.14. The Morgan fingerprint density at radius 2 is 2.04 bits per heavy atom. The Morgan fingerprint density at radius 3 is 2.75 bits per heavy atom. The monoisotopic (exact) mass is 382 g/mol. The van der Waals surface area contributed by atoms with Crippen molar-refractivity contribution in [1.82, 2.24) is 4.90 Å². The third kappa shape index (κ3) is 3.66. The number of nitrogens with zero attached hydrogens (tertiary/aromatic N) is 1. The Bertz CT molecular complexity index is 933. The molecular formula is C22H23FN2O3. The molecule has 5 nitrogen and oxygen atoms in total. The number of allylic oxidation sites excluding steroid dienone is 1. The van der Waals surface area contributed by atoms with E-state index >= 15 is 0 Å². The summed E-state index contributed by atoms with van der Waals surface area (Å²) in [5, 5.41) is 12.5. The molecule has 0 radical (unpaired) electrons. The Balaban J connectivity index is 1.59. The van der Waals surface area contributed by atoms with Crippen molar-refractivity contribution < 1.29 is 23.9 Å². The van der Waals surface area contributed by atoms with Crippen LogP contribution < -0.4 is 14.7 Å². The number of carbonyl (C=O) groups is 1. The van der Waals surface area contributed by atoms with Gasteiger partial charge in [0, 0.05) is 18.7 Å². The van der Waals surface area contributed by atoms with Crippen molar-refractivity contribution in [3.8, 4) is 11.5 Å². The van der Waals surface area contributed by atoms with Crippen LogP contribution in [0.2, 0.25) is 0 Å². The summed E-state index contributed by atoms with van der Waals surface area (Å²) >= 11 is 0. The van der Waals surface area contributed by atoms with E-state index in [1.165, 1.54) is 35.2 Å². The van der Waals surface area contributed by atoms with E-state index in [0.29, 0.717) is 29.0 Å². The number of nitrogens with one attached hydrogen (secondary N) is 1. The standard InChI is InChI=1S/C22H23FN2O3/c1-2-24-8-10-25(11-9-24)14-18-19(26)7-6-17-21(27)20(28-22(17)18)13-15-4-3-5-16(23)12-15/h3-7,12-13,26H,2,8-11,14H2,1H3. The molecule has 1 saturated heterocycles. The first-order chi connectivity index (χ1) is 13.5. The highest BCUT2D eigenvalue weighted by atomic mass is 19.1. The first-order valence-electron chi connectivity index (χ1n) is 9.63. The number of quaternary nitrogens is 1. The quantitative estimate of drug-likeness (QED) is 0.809. The zero-order valence-corrected chi connectivity index (χ0v) is 15.8. The number of ketones is 1. The second kappa shape index (κ2) is 7.73. The third-order valence-corrected chi connectivity index (χ3v) is 5.48. The second-order valence-corrected chi connectivity index (χ2v) is 7.27. The molecule has 2 aromatic carbocycles. The Morgan fingerprint density at radius 1 is 1.25 bits per heavy atom. The number of rotatable bonds is 4. The van der Waals surface area contributed by atoms with Gasteiger partial charge in [-0.25, -0.2) is 4.39 Å². The van der Waals surface area contributed by atoms with Crippen LogP contribution >= 0.6 is 0 Å². The SMILES string of the molecule is CCN1CC[NH+](Cc2c([O-])ccc3c2OC(=Cc2cccc(F)c2)C3=O)CC1. The van der Waals surface area contributed by atoms with Gasteiger partial charge in [0.05, 0.1) is 18.7 Å². The second-order valence-electron chi connectivity index (χ2n) is 7.27. The molecule has 0 amide bonds. The van der Waals surface area contributed by atoms with Gasteiger partial charge in [-0.15, -0.1) is 0 Å². The summed E-state index contributed by atoms with van der Waals surface area (Å²) < 4.78 is 19.3. The molecular weight excluding hydrogens is 359 g/mol. The van der Waals surface area contributed by atoms with Gasteiger partial charge in [0.1, 0.15) is 18.1 Å². The Labute approximate surface area is 163 Å². The van der Waals surface area contributed by atoms with Gasteiger partial charge >= 0.3 is 0 Å². The number of benzene rings is 2. The number of Topliss-reactive ketones (excluding diaryl/α,β-unsaturated/α-hetero) is 1. The minimum Gasteiger partial charge on any atom is -0.872 e. The zero-order chi connectivity index (χ0) is 19.7. The Kier molecular flexibility index (Phi) is 5.15. The molecule has 0 spiro atoms. The van der Waals surface area contributed by atoms with E-state index in [4.69, 9.17) is 4.74 Å². The van der Waals surface area contributed by atoms with Crippen molar-refractivity contribution in [3.63, 3.8) is 0 Å². The number of hydrogen-bond donors (Lipinski definition) is 1. The van der Waals surface area contributed by atoms with Gasteiger partial charge < -0.3 is 14.7 Å². The van der Waals surface area contributed by atoms with Gasteiger partial charge in [-0.3, -0.25) is 9.69 Å². The van der Waals surface area contributed by atoms with Crippen LogP contribution in [0.3, 0.4) is 0 Å². The predicted octanol–water partition coefficient (Wildman–Crippen LogP) is 1.24. The summed E-state index contributed by atoms with van der Waals surface area (Å²) in [7, 11) is 0. The van der Waals surface area contributed by atoms with Crippen LogP contribution in [0.1, 0.15) is 28.4 Å². The molecule has 28 heavy (non-hydrogen) atoms. The number of carbonyl (C=O) groups excluding carboxylic acids is 1. The number of hydrogen-bond acceptors (Lipinski definition) is 4. The number of halogens is 1. The van der Waals surface area contributed by atoms with Crippen LogP contribution in [-0.4, -0.2) is 43.4 Å². The summed E-state index contributed by atoms with van der Waals surface area (Å²) in [5.41, 5.74) is 1.50. The van der Waals surface area contributed by atoms with Crippen LogP contribution in [-0.2, 0) is 6.54 Å². The molecule has 1 N–H and O–H groups in total. The molecule has 6 heteroatoms. The molecule has 0 atom stereocenters. The van der Waals surface area contributed by atoms with Crippen LogP contribution in [0.25, 0.3) is 6.08 Å². The van der Waals surface area contributed by atoms with E-state index in [1.807, 2.05) is 0 Å². The minimum absolute atomic E-state index is 0.107. The van der Waals surface area contributed by atoms with Gasteiger partial charge in [0.25, 0.3) is 0 Å². The molecule has 2 aliphatic heterocycles. The summed E-state index contributed by atoms with van der Waals surface area (Å²) in [6.07, 6.45) is 1.52. The highest BCUT2D eigenvalue weighted by Gasteiger charge is 2.31. The predicted molar refractivity (Wildman–Crippen MR) is 102 cm³/mol. The zero-order valence-electron chi connectivity index (χ0n) is 15.8. The third-order valence-electron chi connectivity index (χ3n) is 5.48. The molecule has 4 rings (SSSR count). The molecule has 2 aromatic rings. The van der Waals surface area contributed by atoms with Gasteiger partial charge in [0.2, 0.25) is 5.78 Å². The van der Waals surface area contributed by atoms with Gasteiger partial charge in [-0.05, 0) is 36.4 Å². The molecule has 0 aromatic heterocycles. The minimum atomic E-state index is -0.380. The van der Waals surface area contributed by atoms with E-state index in [-0.39, 0.29) is 23.1 Å². The molecule has 1 fully saturated rings.